The average Bonchev–Trinajstić information content (AvgIpc) is 2.48. The number of nitrogens with zero attached hydrogens (tertiary/aromatic N) is 1. The number of nitrogens with two attached hydrogens (primary N) is 1. The molecule has 0 saturated carbocycles. The zero-order valence-electron chi connectivity index (χ0n) is 11.6. The Kier molecular flexibility index (Phi) is 5.79. The first-order valence-corrected chi connectivity index (χ1v) is 6.92. The van der Waals surface area contributed by atoms with E-state index in [1.54, 1.807) is 0 Å². The normalized spacial score (nSPS) is 15.8. The van der Waals surface area contributed by atoms with Crippen LogP contribution < -0.4 is 16.4 Å². The van der Waals surface area contributed by atoms with Gasteiger partial charge in [-0.2, -0.15) is 0 Å². The van der Waals surface area contributed by atoms with Crippen LogP contribution in [0.25, 0.3) is 0 Å². The number of carbonyl (C=O) groups is 1. The van der Waals surface area contributed by atoms with Crippen molar-refractivity contribution in [3.63, 3.8) is 0 Å². The van der Waals surface area contributed by atoms with Gasteiger partial charge in [-0.15, -0.1) is 0 Å². The van der Waals surface area contributed by atoms with Crippen LogP contribution in [0.4, 0.5) is 10.5 Å². The summed E-state index contributed by atoms with van der Waals surface area (Å²) >= 11 is 0. The third-order valence-electron chi connectivity index (χ3n) is 3.24. The second-order valence-corrected chi connectivity index (χ2v) is 4.74. The minimum Gasteiger partial charge on any atom is -0.379 e. The van der Waals surface area contributed by atoms with E-state index in [9.17, 15) is 4.79 Å². The SMILES string of the molecule is NCc1cccc(NC(=O)NCCN2CCOCC2)c1. The highest BCUT2D eigenvalue weighted by Gasteiger charge is 2.10. The molecule has 0 aromatic heterocycles. The summed E-state index contributed by atoms with van der Waals surface area (Å²) < 4.78 is 5.28. The molecule has 0 spiro atoms. The number of morpholine rings is 1. The summed E-state index contributed by atoms with van der Waals surface area (Å²) in [6.07, 6.45) is 0. The Morgan fingerprint density at radius 1 is 1.35 bits per heavy atom. The van der Waals surface area contributed by atoms with E-state index in [1.165, 1.54) is 0 Å². The lowest BCUT2D eigenvalue weighted by Crippen LogP contribution is -2.42. The highest BCUT2D eigenvalue weighted by atomic mass is 16.5. The molecule has 2 rings (SSSR count). The van der Waals surface area contributed by atoms with E-state index in [0.29, 0.717) is 13.1 Å². The maximum absolute atomic E-state index is 11.8. The van der Waals surface area contributed by atoms with Crippen LogP contribution in [0.15, 0.2) is 24.3 Å². The molecule has 0 radical (unpaired) electrons. The van der Waals surface area contributed by atoms with Crippen molar-refractivity contribution in [3.05, 3.63) is 29.8 Å². The Morgan fingerprint density at radius 2 is 2.15 bits per heavy atom. The smallest absolute Gasteiger partial charge is 0.319 e. The molecule has 1 saturated heterocycles. The molecule has 20 heavy (non-hydrogen) atoms. The summed E-state index contributed by atoms with van der Waals surface area (Å²) in [7, 11) is 0. The lowest BCUT2D eigenvalue weighted by molar-refractivity contribution is 0.0388. The van der Waals surface area contributed by atoms with E-state index >= 15 is 0 Å². The Morgan fingerprint density at radius 3 is 2.90 bits per heavy atom. The first-order valence-electron chi connectivity index (χ1n) is 6.92. The van der Waals surface area contributed by atoms with Crippen molar-refractivity contribution in [2.75, 3.05) is 44.7 Å². The number of hydrogen-bond donors (Lipinski definition) is 3. The molecule has 1 aliphatic rings. The van der Waals surface area contributed by atoms with Crippen molar-refractivity contribution < 1.29 is 9.53 Å². The van der Waals surface area contributed by atoms with E-state index in [4.69, 9.17) is 10.5 Å². The van der Waals surface area contributed by atoms with E-state index in [1.807, 2.05) is 24.3 Å². The van der Waals surface area contributed by atoms with Crippen molar-refractivity contribution >= 4 is 11.7 Å². The molecule has 0 atom stereocenters. The molecule has 1 fully saturated rings. The fourth-order valence-electron chi connectivity index (χ4n) is 2.10. The van der Waals surface area contributed by atoms with Crippen LogP contribution >= 0.6 is 0 Å². The van der Waals surface area contributed by atoms with Gasteiger partial charge in [0.2, 0.25) is 0 Å². The van der Waals surface area contributed by atoms with Gasteiger partial charge in [-0.25, -0.2) is 4.79 Å². The van der Waals surface area contributed by atoms with Gasteiger partial charge in [0.25, 0.3) is 0 Å². The van der Waals surface area contributed by atoms with Gasteiger partial charge >= 0.3 is 6.03 Å². The van der Waals surface area contributed by atoms with E-state index in [0.717, 1.165) is 44.1 Å². The molecular weight excluding hydrogens is 256 g/mol. The lowest BCUT2D eigenvalue weighted by atomic mass is 10.2. The minimum atomic E-state index is -0.188. The van der Waals surface area contributed by atoms with Crippen LogP contribution in [-0.2, 0) is 11.3 Å². The number of nitrogens with one attached hydrogen (secondary N) is 2. The third-order valence-corrected chi connectivity index (χ3v) is 3.24. The van der Waals surface area contributed by atoms with Gasteiger partial charge in [-0.3, -0.25) is 4.90 Å². The Hall–Kier alpha value is -1.63. The fourth-order valence-corrected chi connectivity index (χ4v) is 2.10. The fraction of sp³-hybridized carbons (Fsp3) is 0.500. The molecule has 4 N–H and O–H groups in total. The van der Waals surface area contributed by atoms with E-state index in [-0.39, 0.29) is 6.03 Å². The molecule has 1 aliphatic heterocycles. The molecule has 2 amide bonds. The van der Waals surface area contributed by atoms with Crippen LogP contribution in [-0.4, -0.2) is 50.3 Å². The van der Waals surface area contributed by atoms with Crippen molar-refractivity contribution in [1.29, 1.82) is 0 Å². The summed E-state index contributed by atoms with van der Waals surface area (Å²) in [5.74, 6) is 0. The van der Waals surface area contributed by atoms with Crippen molar-refractivity contribution in [2.24, 2.45) is 5.73 Å². The summed E-state index contributed by atoms with van der Waals surface area (Å²) in [5, 5.41) is 5.66. The van der Waals surface area contributed by atoms with Crippen molar-refractivity contribution in [3.8, 4) is 0 Å². The highest BCUT2D eigenvalue weighted by Crippen LogP contribution is 2.09. The first kappa shape index (κ1) is 14.8. The zero-order chi connectivity index (χ0) is 14.2. The number of rotatable bonds is 5. The van der Waals surface area contributed by atoms with E-state index < -0.39 is 0 Å². The quantitative estimate of drug-likeness (QED) is 0.737. The Bertz CT molecular complexity index is 433. The second kappa shape index (κ2) is 7.84. The number of ether oxygens (including phenoxy) is 1. The molecular formula is C14H22N4O2. The topological polar surface area (TPSA) is 79.6 Å². The molecule has 6 heteroatoms. The van der Waals surface area contributed by atoms with Crippen molar-refractivity contribution in [2.45, 2.75) is 6.54 Å². The molecule has 0 unspecified atom stereocenters. The minimum absolute atomic E-state index is 0.188. The molecule has 1 heterocycles. The van der Waals surface area contributed by atoms with Gasteiger partial charge in [0, 0.05) is 38.4 Å². The molecule has 0 aliphatic carbocycles. The number of anilines is 1. The highest BCUT2D eigenvalue weighted by molar-refractivity contribution is 5.89. The molecule has 6 nitrogen and oxygen atoms in total. The molecule has 110 valence electrons. The van der Waals surface area contributed by atoms with E-state index in [2.05, 4.69) is 15.5 Å². The molecule has 0 bridgehead atoms. The lowest BCUT2D eigenvalue weighted by Gasteiger charge is -2.26. The van der Waals surface area contributed by atoms with Gasteiger partial charge in [0.1, 0.15) is 0 Å². The maximum atomic E-state index is 11.8. The summed E-state index contributed by atoms with van der Waals surface area (Å²) in [4.78, 5) is 14.0. The van der Waals surface area contributed by atoms with Crippen molar-refractivity contribution in [1.82, 2.24) is 10.2 Å². The van der Waals surface area contributed by atoms with Crippen LogP contribution in [0, 0.1) is 0 Å². The third kappa shape index (κ3) is 4.80. The Labute approximate surface area is 119 Å². The van der Waals surface area contributed by atoms with Gasteiger partial charge in [-0.1, -0.05) is 12.1 Å². The monoisotopic (exact) mass is 278 g/mol. The number of benzene rings is 1. The number of urea groups is 1. The first-order chi connectivity index (χ1) is 9.78. The second-order valence-electron chi connectivity index (χ2n) is 4.74. The van der Waals surface area contributed by atoms with Gasteiger partial charge in [0.15, 0.2) is 0 Å². The van der Waals surface area contributed by atoms with Crippen LogP contribution in [0.1, 0.15) is 5.56 Å². The summed E-state index contributed by atoms with van der Waals surface area (Å²) in [6.45, 7) is 5.36. The van der Waals surface area contributed by atoms with Crippen LogP contribution in [0.5, 0.6) is 0 Å². The summed E-state index contributed by atoms with van der Waals surface area (Å²) in [5.41, 5.74) is 7.33. The standard InChI is InChI=1S/C14H22N4O2/c15-11-12-2-1-3-13(10-12)17-14(19)16-4-5-18-6-8-20-9-7-18/h1-3,10H,4-9,11,15H2,(H2,16,17,19). The largest absolute Gasteiger partial charge is 0.379 e. The van der Waals surface area contributed by atoms with Gasteiger partial charge < -0.3 is 21.1 Å². The average molecular weight is 278 g/mol. The predicted octanol–water partition coefficient (Wildman–Crippen LogP) is 0.599. The van der Waals surface area contributed by atoms with Gasteiger partial charge in [-0.05, 0) is 17.7 Å². The van der Waals surface area contributed by atoms with Crippen LogP contribution in [0.2, 0.25) is 0 Å². The van der Waals surface area contributed by atoms with Crippen LogP contribution in [0.3, 0.4) is 0 Å². The van der Waals surface area contributed by atoms with Gasteiger partial charge in [0.05, 0.1) is 13.2 Å². The zero-order valence-corrected chi connectivity index (χ0v) is 11.6. The maximum Gasteiger partial charge on any atom is 0.319 e. The summed E-state index contributed by atoms with van der Waals surface area (Å²) in [6, 6.07) is 7.35. The number of hydrogen-bond acceptors (Lipinski definition) is 4. The Balaban J connectivity index is 1.69. The number of amides is 2. The molecule has 1 aromatic rings. The molecule has 1 aromatic carbocycles. The predicted molar refractivity (Wildman–Crippen MR) is 78.6 cm³/mol. The number of carbonyl (C=O) groups excluding carboxylic acids is 1.